The number of aliphatic imine (C=N–C) groups is 1. The summed E-state index contributed by atoms with van der Waals surface area (Å²) in [5.41, 5.74) is 3.95. The van der Waals surface area contributed by atoms with E-state index in [9.17, 15) is 4.79 Å². The third kappa shape index (κ3) is 4.28. The van der Waals surface area contributed by atoms with Gasteiger partial charge in [-0.15, -0.1) is 0 Å². The second-order valence-electron chi connectivity index (χ2n) is 8.44. The van der Waals surface area contributed by atoms with Crippen LogP contribution in [0.3, 0.4) is 0 Å². The van der Waals surface area contributed by atoms with Crippen LogP contribution in [-0.2, 0) is 0 Å². The fourth-order valence-electron chi connectivity index (χ4n) is 4.42. The van der Waals surface area contributed by atoms with Gasteiger partial charge in [0.15, 0.2) is 0 Å². The van der Waals surface area contributed by atoms with Crippen molar-refractivity contribution < 1.29 is 4.79 Å². The molecule has 1 aliphatic carbocycles. The van der Waals surface area contributed by atoms with Gasteiger partial charge in [-0.1, -0.05) is 70.0 Å². The Morgan fingerprint density at radius 2 is 1.97 bits per heavy atom. The quantitative estimate of drug-likeness (QED) is 0.619. The molecule has 1 N–H and O–H groups in total. The molecule has 152 valence electrons. The highest BCUT2D eigenvalue weighted by Gasteiger charge is 2.28. The van der Waals surface area contributed by atoms with Crippen LogP contribution in [0.15, 0.2) is 57.2 Å². The van der Waals surface area contributed by atoms with Gasteiger partial charge in [-0.3, -0.25) is 9.79 Å². The third-order valence-corrected chi connectivity index (χ3v) is 7.55. The van der Waals surface area contributed by atoms with Crippen molar-refractivity contribution in [1.82, 2.24) is 5.32 Å². The largest absolute Gasteiger partial charge is 0.349 e. The maximum Gasteiger partial charge on any atom is 0.251 e. The Hall–Kier alpha value is -2.07. The highest BCUT2D eigenvalue weighted by Crippen LogP contribution is 2.41. The van der Waals surface area contributed by atoms with E-state index in [2.05, 4.69) is 56.4 Å². The molecule has 0 bridgehead atoms. The lowest BCUT2D eigenvalue weighted by atomic mass is 9.78. The monoisotopic (exact) mass is 406 g/mol. The molecule has 4 rings (SSSR count). The highest BCUT2D eigenvalue weighted by atomic mass is 32.2. The standard InChI is InChI=1S/C25H30N2OS/c1-4-8-21-19-10-5-6-12-23(19)29-24-14-13-18(15-22(24)26-21)25(28)27-20-11-7-9-16(2)17(20)3/h5-6,10,12-17,20H,4,7-9,11H2,1-3H3,(H,27,28)/t16-,17-,20-/m1/s1. The van der Waals surface area contributed by atoms with E-state index in [4.69, 9.17) is 4.99 Å². The van der Waals surface area contributed by atoms with Crippen LogP contribution in [0.25, 0.3) is 0 Å². The molecule has 1 fully saturated rings. The van der Waals surface area contributed by atoms with Gasteiger partial charge in [-0.2, -0.15) is 0 Å². The zero-order valence-corrected chi connectivity index (χ0v) is 18.4. The number of amides is 1. The molecule has 0 unspecified atom stereocenters. The van der Waals surface area contributed by atoms with Crippen LogP contribution in [0.5, 0.6) is 0 Å². The number of carbonyl (C=O) groups excluding carboxylic acids is 1. The average molecular weight is 407 g/mol. The zero-order chi connectivity index (χ0) is 20.4. The summed E-state index contributed by atoms with van der Waals surface area (Å²) in [4.78, 5) is 20.3. The minimum absolute atomic E-state index is 0.0257. The van der Waals surface area contributed by atoms with Crippen molar-refractivity contribution in [2.45, 2.75) is 68.7 Å². The summed E-state index contributed by atoms with van der Waals surface area (Å²) in [6.45, 7) is 6.74. The fourth-order valence-corrected chi connectivity index (χ4v) is 5.44. The first kappa shape index (κ1) is 20.2. The highest BCUT2D eigenvalue weighted by molar-refractivity contribution is 7.99. The number of hydrogen-bond acceptors (Lipinski definition) is 3. The Morgan fingerprint density at radius 1 is 1.14 bits per heavy atom. The Bertz CT molecular complexity index is 936. The molecule has 0 saturated heterocycles. The predicted octanol–water partition coefficient (Wildman–Crippen LogP) is 6.63. The van der Waals surface area contributed by atoms with Crippen molar-refractivity contribution in [3.8, 4) is 0 Å². The number of nitrogens with zero attached hydrogens (tertiary/aromatic N) is 1. The third-order valence-electron chi connectivity index (χ3n) is 6.40. The van der Waals surface area contributed by atoms with Crippen molar-refractivity contribution in [2.24, 2.45) is 16.8 Å². The Balaban J connectivity index is 1.62. The van der Waals surface area contributed by atoms with Gasteiger partial charge < -0.3 is 5.32 Å². The molecule has 4 heteroatoms. The van der Waals surface area contributed by atoms with Gasteiger partial charge >= 0.3 is 0 Å². The Labute approximate surface area is 178 Å². The summed E-state index contributed by atoms with van der Waals surface area (Å²) in [6, 6.07) is 14.7. The van der Waals surface area contributed by atoms with Gasteiger partial charge in [0.25, 0.3) is 5.91 Å². The molecule has 2 aromatic rings. The van der Waals surface area contributed by atoms with Crippen LogP contribution in [0, 0.1) is 11.8 Å². The second-order valence-corrected chi connectivity index (χ2v) is 9.52. The van der Waals surface area contributed by atoms with Gasteiger partial charge in [-0.25, -0.2) is 0 Å². The molecule has 1 saturated carbocycles. The topological polar surface area (TPSA) is 41.5 Å². The van der Waals surface area contributed by atoms with E-state index in [1.165, 1.54) is 23.3 Å². The molecular weight excluding hydrogens is 376 g/mol. The molecule has 1 aliphatic heterocycles. The van der Waals surface area contributed by atoms with Gasteiger partial charge in [0.05, 0.1) is 5.69 Å². The van der Waals surface area contributed by atoms with Crippen LogP contribution in [0.2, 0.25) is 0 Å². The maximum absolute atomic E-state index is 13.0. The fraction of sp³-hybridized carbons (Fsp3) is 0.440. The number of rotatable bonds is 4. The lowest BCUT2D eigenvalue weighted by Crippen LogP contribution is -2.43. The zero-order valence-electron chi connectivity index (χ0n) is 17.6. The number of hydrogen-bond donors (Lipinski definition) is 1. The lowest BCUT2D eigenvalue weighted by Gasteiger charge is -2.34. The van der Waals surface area contributed by atoms with Gasteiger partial charge in [0.2, 0.25) is 0 Å². The predicted molar refractivity (Wildman–Crippen MR) is 122 cm³/mol. The van der Waals surface area contributed by atoms with Crippen molar-refractivity contribution in [3.05, 3.63) is 53.6 Å². The smallest absolute Gasteiger partial charge is 0.251 e. The molecular formula is C25H30N2OS. The normalized spacial score (nSPS) is 23.4. The molecule has 3 nitrogen and oxygen atoms in total. The van der Waals surface area contributed by atoms with E-state index in [-0.39, 0.29) is 11.9 Å². The van der Waals surface area contributed by atoms with E-state index in [1.54, 1.807) is 11.8 Å². The summed E-state index contributed by atoms with van der Waals surface area (Å²) in [5, 5.41) is 3.30. The van der Waals surface area contributed by atoms with Crippen LogP contribution in [-0.4, -0.2) is 17.7 Å². The molecule has 3 atom stereocenters. The summed E-state index contributed by atoms with van der Waals surface area (Å²) in [6.07, 6.45) is 5.52. The number of fused-ring (bicyclic) bond motifs is 2. The second kappa shape index (κ2) is 8.74. The summed E-state index contributed by atoms with van der Waals surface area (Å²) in [5.74, 6) is 1.21. The maximum atomic E-state index is 13.0. The molecule has 2 aliphatic rings. The van der Waals surface area contributed by atoms with Crippen LogP contribution >= 0.6 is 11.8 Å². The summed E-state index contributed by atoms with van der Waals surface area (Å²) in [7, 11) is 0. The Morgan fingerprint density at radius 3 is 2.79 bits per heavy atom. The summed E-state index contributed by atoms with van der Waals surface area (Å²) >= 11 is 1.74. The van der Waals surface area contributed by atoms with E-state index in [0.717, 1.165) is 35.6 Å². The molecule has 1 amide bonds. The number of carbonyl (C=O) groups is 1. The molecule has 0 spiro atoms. The van der Waals surface area contributed by atoms with Gasteiger partial charge in [0, 0.05) is 32.7 Å². The SMILES string of the molecule is CCCC1=Nc2cc(C(=O)N[C@@H]3CCC[C@@H](C)[C@H]3C)ccc2Sc2ccccc21. The van der Waals surface area contributed by atoms with Gasteiger partial charge in [-0.05, 0) is 48.9 Å². The molecule has 0 radical (unpaired) electrons. The van der Waals surface area contributed by atoms with E-state index in [0.29, 0.717) is 17.4 Å². The molecule has 0 aromatic heterocycles. The van der Waals surface area contributed by atoms with Crippen molar-refractivity contribution in [2.75, 3.05) is 0 Å². The first-order valence-electron chi connectivity index (χ1n) is 10.9. The van der Waals surface area contributed by atoms with E-state index < -0.39 is 0 Å². The number of benzene rings is 2. The van der Waals surface area contributed by atoms with Crippen molar-refractivity contribution in [3.63, 3.8) is 0 Å². The molecule has 2 aromatic carbocycles. The first-order valence-corrected chi connectivity index (χ1v) is 11.7. The lowest BCUT2D eigenvalue weighted by molar-refractivity contribution is 0.0891. The minimum atomic E-state index is 0.0257. The van der Waals surface area contributed by atoms with E-state index >= 15 is 0 Å². The van der Waals surface area contributed by atoms with Crippen molar-refractivity contribution in [1.29, 1.82) is 0 Å². The van der Waals surface area contributed by atoms with Crippen LogP contribution in [0.4, 0.5) is 5.69 Å². The van der Waals surface area contributed by atoms with Crippen LogP contribution in [0.1, 0.15) is 68.8 Å². The molecule has 1 heterocycles. The van der Waals surface area contributed by atoms with Crippen molar-refractivity contribution >= 4 is 29.1 Å². The minimum Gasteiger partial charge on any atom is -0.349 e. The van der Waals surface area contributed by atoms with Gasteiger partial charge in [0.1, 0.15) is 0 Å². The van der Waals surface area contributed by atoms with E-state index in [1.807, 2.05) is 12.1 Å². The molecule has 29 heavy (non-hydrogen) atoms. The number of nitrogens with one attached hydrogen (secondary N) is 1. The Kier molecular flexibility index (Phi) is 6.09. The first-order chi connectivity index (χ1) is 14.1. The van der Waals surface area contributed by atoms with Crippen LogP contribution < -0.4 is 5.32 Å². The summed E-state index contributed by atoms with van der Waals surface area (Å²) < 4.78 is 0. The average Bonchev–Trinajstić information content (AvgIpc) is 2.87.